The van der Waals surface area contributed by atoms with Gasteiger partial charge in [-0.1, -0.05) is 36.4 Å². The highest BCUT2D eigenvalue weighted by atomic mass is 16.3. The van der Waals surface area contributed by atoms with E-state index in [1.165, 1.54) is 7.05 Å². The summed E-state index contributed by atoms with van der Waals surface area (Å²) in [6, 6.07) is 13.9. The minimum Gasteiger partial charge on any atom is -0.451 e. The predicted octanol–water partition coefficient (Wildman–Crippen LogP) is 2.06. The first kappa shape index (κ1) is 17.5. The molecule has 0 fully saturated rings. The van der Waals surface area contributed by atoms with E-state index in [0.717, 1.165) is 10.1 Å². The monoisotopic (exact) mass is 376 g/mol. The molecule has 0 aliphatic heterocycles. The lowest BCUT2D eigenvalue weighted by Crippen LogP contribution is -2.42. The second-order valence-electron chi connectivity index (χ2n) is 6.28. The maximum absolute atomic E-state index is 12.6. The highest BCUT2D eigenvalue weighted by Gasteiger charge is 2.20. The molecule has 4 rings (SSSR count). The van der Waals surface area contributed by atoms with Gasteiger partial charge in [-0.05, 0) is 19.1 Å². The van der Waals surface area contributed by atoms with E-state index in [4.69, 9.17) is 4.42 Å². The van der Waals surface area contributed by atoms with E-state index < -0.39 is 11.8 Å². The number of fused-ring (bicyclic) bond motifs is 2. The second kappa shape index (κ2) is 6.66. The van der Waals surface area contributed by atoms with E-state index in [-0.39, 0.29) is 17.0 Å². The first-order valence-electron chi connectivity index (χ1n) is 8.52. The van der Waals surface area contributed by atoms with Crippen LogP contribution < -0.4 is 16.4 Å². The van der Waals surface area contributed by atoms with E-state index in [0.29, 0.717) is 21.9 Å². The standard InChI is InChI=1S/C20H16N4O4/c1-11-12-7-5-6-10-15(12)28-17(11)19(26)22-21-18(25)16-13-8-3-4-9-14(13)20(27)24(2)23-16/h3-10H,1-2H3,(H,21,25)(H,22,26). The molecule has 0 saturated heterocycles. The van der Waals surface area contributed by atoms with Crippen LogP contribution in [0, 0.1) is 6.92 Å². The number of nitrogens with zero attached hydrogens (tertiary/aromatic N) is 2. The van der Waals surface area contributed by atoms with Crippen LogP contribution in [-0.4, -0.2) is 21.6 Å². The first-order chi connectivity index (χ1) is 13.5. The third-order valence-electron chi connectivity index (χ3n) is 4.51. The number of rotatable bonds is 2. The van der Waals surface area contributed by atoms with Gasteiger partial charge in [0.05, 0.1) is 5.39 Å². The van der Waals surface area contributed by atoms with Crippen molar-refractivity contribution in [2.45, 2.75) is 6.92 Å². The Bertz CT molecular complexity index is 1300. The molecule has 2 aromatic heterocycles. The topological polar surface area (TPSA) is 106 Å². The molecular weight excluding hydrogens is 360 g/mol. The van der Waals surface area contributed by atoms with Gasteiger partial charge in [-0.3, -0.25) is 25.2 Å². The van der Waals surface area contributed by atoms with Crippen LogP contribution in [0.5, 0.6) is 0 Å². The largest absolute Gasteiger partial charge is 0.451 e. The van der Waals surface area contributed by atoms with Crippen molar-refractivity contribution < 1.29 is 14.0 Å². The van der Waals surface area contributed by atoms with Crippen molar-refractivity contribution in [3.63, 3.8) is 0 Å². The van der Waals surface area contributed by atoms with E-state index in [1.54, 1.807) is 37.3 Å². The highest BCUT2D eigenvalue weighted by molar-refractivity contribution is 6.06. The average Bonchev–Trinajstić information content (AvgIpc) is 3.05. The third-order valence-corrected chi connectivity index (χ3v) is 4.51. The lowest BCUT2D eigenvalue weighted by Gasteiger charge is -2.09. The van der Waals surface area contributed by atoms with Crippen molar-refractivity contribution in [2.75, 3.05) is 0 Å². The number of aromatic nitrogens is 2. The SMILES string of the molecule is Cc1c(C(=O)NNC(=O)c2nn(C)c(=O)c3ccccc23)oc2ccccc12. The number of carbonyl (C=O) groups excluding carboxylic acids is 2. The zero-order valence-electron chi connectivity index (χ0n) is 15.1. The van der Waals surface area contributed by atoms with Crippen molar-refractivity contribution >= 4 is 33.6 Å². The van der Waals surface area contributed by atoms with Gasteiger partial charge in [0.15, 0.2) is 11.5 Å². The van der Waals surface area contributed by atoms with Gasteiger partial charge in [-0.2, -0.15) is 5.10 Å². The summed E-state index contributed by atoms with van der Waals surface area (Å²) < 4.78 is 6.67. The molecule has 0 atom stereocenters. The predicted molar refractivity (Wildman–Crippen MR) is 103 cm³/mol. The minimum atomic E-state index is -0.645. The molecule has 0 bridgehead atoms. The van der Waals surface area contributed by atoms with Crippen LogP contribution in [0.3, 0.4) is 0 Å². The molecule has 8 heteroatoms. The maximum atomic E-state index is 12.6. The van der Waals surface area contributed by atoms with Crippen LogP contribution >= 0.6 is 0 Å². The molecule has 0 aliphatic carbocycles. The lowest BCUT2D eigenvalue weighted by molar-refractivity contribution is 0.0829. The number of para-hydroxylation sites is 1. The third kappa shape index (κ3) is 2.81. The summed E-state index contributed by atoms with van der Waals surface area (Å²) in [5.41, 5.74) is 5.65. The summed E-state index contributed by atoms with van der Waals surface area (Å²) in [6.45, 7) is 1.77. The van der Waals surface area contributed by atoms with Gasteiger partial charge >= 0.3 is 5.91 Å². The molecule has 0 radical (unpaired) electrons. The van der Waals surface area contributed by atoms with Crippen LogP contribution in [0.1, 0.15) is 26.6 Å². The number of hydrogen-bond donors (Lipinski definition) is 2. The van der Waals surface area contributed by atoms with E-state index in [1.807, 2.05) is 18.2 Å². The fourth-order valence-electron chi connectivity index (χ4n) is 3.09. The summed E-state index contributed by atoms with van der Waals surface area (Å²) in [6.07, 6.45) is 0. The molecule has 4 aromatic rings. The van der Waals surface area contributed by atoms with Crippen LogP contribution in [0.15, 0.2) is 57.7 Å². The molecule has 28 heavy (non-hydrogen) atoms. The Morgan fingerprint density at radius 2 is 1.54 bits per heavy atom. The van der Waals surface area contributed by atoms with Gasteiger partial charge in [-0.15, -0.1) is 0 Å². The summed E-state index contributed by atoms with van der Waals surface area (Å²) in [7, 11) is 1.46. The minimum absolute atomic E-state index is 0.0272. The molecule has 2 N–H and O–H groups in total. The lowest BCUT2D eigenvalue weighted by atomic mass is 10.1. The first-order valence-corrected chi connectivity index (χ1v) is 8.52. The van der Waals surface area contributed by atoms with Gasteiger partial charge in [0, 0.05) is 23.4 Å². The van der Waals surface area contributed by atoms with Gasteiger partial charge < -0.3 is 4.42 Å². The Balaban J connectivity index is 1.60. The molecule has 2 amide bonds. The molecule has 8 nitrogen and oxygen atoms in total. The van der Waals surface area contributed by atoms with Crippen molar-refractivity contribution in [3.05, 3.63) is 75.9 Å². The summed E-state index contributed by atoms with van der Waals surface area (Å²) in [5, 5.41) is 5.61. The number of aryl methyl sites for hydroxylation is 2. The molecule has 2 heterocycles. The maximum Gasteiger partial charge on any atom is 0.305 e. The Morgan fingerprint density at radius 3 is 2.25 bits per heavy atom. The molecule has 0 unspecified atom stereocenters. The van der Waals surface area contributed by atoms with Gasteiger partial charge in [-0.25, -0.2) is 4.68 Å². The van der Waals surface area contributed by atoms with Gasteiger partial charge in [0.25, 0.3) is 11.5 Å². The quantitative estimate of drug-likeness (QED) is 0.521. The van der Waals surface area contributed by atoms with Crippen molar-refractivity contribution in [2.24, 2.45) is 7.05 Å². The summed E-state index contributed by atoms with van der Waals surface area (Å²) in [4.78, 5) is 37.2. The number of furan rings is 1. The van der Waals surface area contributed by atoms with E-state index in [9.17, 15) is 14.4 Å². The van der Waals surface area contributed by atoms with Crippen molar-refractivity contribution in [3.8, 4) is 0 Å². The van der Waals surface area contributed by atoms with Crippen molar-refractivity contribution in [1.29, 1.82) is 0 Å². The Morgan fingerprint density at radius 1 is 0.929 bits per heavy atom. The zero-order valence-corrected chi connectivity index (χ0v) is 15.1. The highest BCUT2D eigenvalue weighted by Crippen LogP contribution is 2.24. The smallest absolute Gasteiger partial charge is 0.305 e. The van der Waals surface area contributed by atoms with Crippen LogP contribution in [0.2, 0.25) is 0 Å². The fourth-order valence-corrected chi connectivity index (χ4v) is 3.09. The number of hydrazine groups is 1. The Hall–Kier alpha value is -3.94. The van der Waals surface area contributed by atoms with E-state index in [2.05, 4.69) is 16.0 Å². The van der Waals surface area contributed by atoms with Crippen LogP contribution in [-0.2, 0) is 7.05 Å². The Kier molecular flexibility index (Phi) is 4.15. The molecular formula is C20H16N4O4. The molecule has 0 saturated carbocycles. The number of amides is 2. The normalized spacial score (nSPS) is 10.9. The van der Waals surface area contributed by atoms with Crippen LogP contribution in [0.4, 0.5) is 0 Å². The molecule has 2 aromatic carbocycles. The Labute approximate surface area is 158 Å². The number of hydrogen-bond acceptors (Lipinski definition) is 5. The summed E-state index contributed by atoms with van der Waals surface area (Å²) >= 11 is 0. The number of benzene rings is 2. The zero-order chi connectivity index (χ0) is 19.8. The number of nitrogens with one attached hydrogen (secondary N) is 2. The average molecular weight is 376 g/mol. The second-order valence-corrected chi connectivity index (χ2v) is 6.28. The van der Waals surface area contributed by atoms with E-state index >= 15 is 0 Å². The fraction of sp³-hybridized carbons (Fsp3) is 0.100. The van der Waals surface area contributed by atoms with Crippen molar-refractivity contribution in [1.82, 2.24) is 20.6 Å². The van der Waals surface area contributed by atoms with Gasteiger partial charge in [0.2, 0.25) is 0 Å². The number of carbonyl (C=O) groups is 2. The van der Waals surface area contributed by atoms with Crippen LogP contribution in [0.25, 0.3) is 21.7 Å². The molecule has 0 aliphatic rings. The van der Waals surface area contributed by atoms with Gasteiger partial charge in [0.1, 0.15) is 5.58 Å². The molecule has 0 spiro atoms. The molecule has 140 valence electrons. The summed E-state index contributed by atoms with van der Waals surface area (Å²) in [5.74, 6) is -1.12.